The zero-order valence-corrected chi connectivity index (χ0v) is 25.1. The Morgan fingerprint density at radius 3 is 2.49 bits per heavy atom. The first kappa shape index (κ1) is 30.0. The van der Waals surface area contributed by atoms with Crippen LogP contribution in [-0.2, 0) is 16.1 Å². The molecule has 1 unspecified atom stereocenters. The SMILES string of the molecule is COCOc1ccc(F)cc1C(C(=O)Nc1nccs1)N1Cc2ccc(-c3ccc(N4CCN(C(=O)O)CC4)cc3)cc2C1=O. The molecule has 45 heavy (non-hydrogen) atoms. The monoisotopic (exact) mass is 631 g/mol. The van der Waals surface area contributed by atoms with Crippen LogP contribution in [0.4, 0.5) is 20.0 Å². The highest BCUT2D eigenvalue weighted by molar-refractivity contribution is 7.13. The third-order valence-corrected chi connectivity index (χ3v) is 8.57. The number of nitrogens with one attached hydrogen (secondary N) is 1. The molecule has 1 aromatic heterocycles. The van der Waals surface area contributed by atoms with E-state index in [0.29, 0.717) is 36.9 Å². The van der Waals surface area contributed by atoms with E-state index in [4.69, 9.17) is 9.47 Å². The van der Waals surface area contributed by atoms with Crippen LogP contribution in [0.15, 0.2) is 72.2 Å². The molecule has 13 heteroatoms. The number of carbonyl (C=O) groups is 3. The molecule has 1 fully saturated rings. The maximum Gasteiger partial charge on any atom is 0.407 e. The Hall–Kier alpha value is -5.01. The van der Waals surface area contributed by atoms with Gasteiger partial charge in [0.15, 0.2) is 11.9 Å². The summed E-state index contributed by atoms with van der Waals surface area (Å²) < 4.78 is 25.3. The van der Waals surface area contributed by atoms with Crippen LogP contribution < -0.4 is 15.0 Å². The quantitative estimate of drug-likeness (QED) is 0.246. The van der Waals surface area contributed by atoms with Gasteiger partial charge in [0.25, 0.3) is 11.8 Å². The summed E-state index contributed by atoms with van der Waals surface area (Å²) in [5.41, 5.74) is 4.08. The molecule has 3 amide bonds. The molecule has 0 aliphatic carbocycles. The molecule has 11 nitrogen and oxygen atoms in total. The number of nitrogens with zero attached hydrogens (tertiary/aromatic N) is 4. The standard InChI is InChI=1S/C32H30FN5O6S/c1-43-19-44-27-9-6-23(33)17-26(27)28(29(39)35-31-34-10-15-45-31)38-18-22-3-2-21(16-25(22)30(38)40)20-4-7-24(8-5-20)36-11-13-37(14-12-36)32(41)42/h2-10,15-17,28H,11-14,18-19H2,1H3,(H,41,42)(H,34,35,39). The van der Waals surface area contributed by atoms with E-state index in [1.165, 1.54) is 46.4 Å². The lowest BCUT2D eigenvalue weighted by molar-refractivity contribution is -0.121. The summed E-state index contributed by atoms with van der Waals surface area (Å²) in [7, 11) is 1.45. The number of halogens is 1. The van der Waals surface area contributed by atoms with Gasteiger partial charge in [0, 0.05) is 68.2 Å². The molecule has 3 aromatic carbocycles. The summed E-state index contributed by atoms with van der Waals surface area (Å²) in [5.74, 6) is -1.30. The maximum atomic E-state index is 14.6. The van der Waals surface area contributed by atoms with Gasteiger partial charge in [-0.1, -0.05) is 24.3 Å². The lowest BCUT2D eigenvalue weighted by Gasteiger charge is -2.34. The number of methoxy groups -OCH3 is 1. The molecular formula is C32H30FN5O6S. The van der Waals surface area contributed by atoms with Crippen LogP contribution in [0, 0.1) is 5.82 Å². The van der Waals surface area contributed by atoms with Crippen LogP contribution in [0.1, 0.15) is 27.5 Å². The minimum absolute atomic E-state index is 0.131. The molecular weight excluding hydrogens is 601 g/mol. The molecule has 0 bridgehead atoms. The molecule has 0 radical (unpaired) electrons. The van der Waals surface area contributed by atoms with Crippen LogP contribution in [0.25, 0.3) is 11.1 Å². The van der Waals surface area contributed by atoms with E-state index in [9.17, 15) is 23.9 Å². The van der Waals surface area contributed by atoms with Gasteiger partial charge in [-0.2, -0.15) is 0 Å². The Bertz CT molecular complexity index is 1710. The Kier molecular flexibility index (Phi) is 8.62. The fraction of sp³-hybridized carbons (Fsp3) is 0.250. The molecule has 0 saturated carbocycles. The van der Waals surface area contributed by atoms with E-state index in [0.717, 1.165) is 22.4 Å². The highest BCUT2D eigenvalue weighted by Gasteiger charge is 2.39. The smallest absolute Gasteiger partial charge is 0.407 e. The summed E-state index contributed by atoms with van der Waals surface area (Å²) in [6, 6.07) is 16.1. The van der Waals surface area contributed by atoms with Crippen LogP contribution >= 0.6 is 11.3 Å². The van der Waals surface area contributed by atoms with Crippen molar-refractivity contribution in [1.82, 2.24) is 14.8 Å². The van der Waals surface area contributed by atoms with E-state index in [1.807, 2.05) is 42.5 Å². The predicted molar refractivity (Wildman–Crippen MR) is 166 cm³/mol. The van der Waals surface area contributed by atoms with Crippen molar-refractivity contribution in [3.05, 3.63) is 94.7 Å². The molecule has 0 spiro atoms. The molecule has 1 atom stereocenters. The normalized spacial score (nSPS) is 15.2. The Morgan fingerprint density at radius 2 is 1.80 bits per heavy atom. The average molecular weight is 632 g/mol. The first-order chi connectivity index (χ1) is 21.8. The highest BCUT2D eigenvalue weighted by Crippen LogP contribution is 2.38. The molecule has 232 valence electrons. The lowest BCUT2D eigenvalue weighted by Crippen LogP contribution is -2.48. The summed E-state index contributed by atoms with van der Waals surface area (Å²) in [6.45, 7) is 2.10. The third-order valence-electron chi connectivity index (χ3n) is 7.88. The molecule has 2 aliphatic rings. The Labute approximate surface area is 262 Å². The van der Waals surface area contributed by atoms with Crippen LogP contribution in [0.2, 0.25) is 0 Å². The number of carbonyl (C=O) groups excluding carboxylic acids is 2. The topological polar surface area (TPSA) is 125 Å². The number of aromatic nitrogens is 1. The second-order valence-electron chi connectivity index (χ2n) is 10.6. The van der Waals surface area contributed by atoms with Crippen molar-refractivity contribution in [2.45, 2.75) is 12.6 Å². The molecule has 2 N–H and O–H groups in total. The number of amides is 3. The number of anilines is 2. The number of piperazine rings is 1. The minimum atomic E-state index is -1.22. The van der Waals surface area contributed by atoms with Gasteiger partial charge in [0.1, 0.15) is 17.6 Å². The fourth-order valence-corrected chi connectivity index (χ4v) is 6.16. The van der Waals surface area contributed by atoms with Crippen molar-refractivity contribution in [2.24, 2.45) is 0 Å². The van der Waals surface area contributed by atoms with Crippen molar-refractivity contribution in [1.29, 1.82) is 0 Å². The molecule has 6 rings (SSSR count). The van der Waals surface area contributed by atoms with Gasteiger partial charge in [0.2, 0.25) is 0 Å². The Balaban J connectivity index is 1.27. The number of benzene rings is 3. The van der Waals surface area contributed by atoms with Crippen molar-refractivity contribution in [3.8, 4) is 16.9 Å². The molecule has 1 saturated heterocycles. The fourth-order valence-electron chi connectivity index (χ4n) is 5.63. The average Bonchev–Trinajstić information content (AvgIpc) is 3.68. The Morgan fingerprint density at radius 1 is 1.04 bits per heavy atom. The van der Waals surface area contributed by atoms with Gasteiger partial charge in [-0.05, 0) is 53.1 Å². The van der Waals surface area contributed by atoms with E-state index >= 15 is 0 Å². The highest BCUT2D eigenvalue weighted by atomic mass is 32.1. The van der Waals surface area contributed by atoms with Gasteiger partial charge in [-0.15, -0.1) is 11.3 Å². The summed E-state index contributed by atoms with van der Waals surface area (Å²) in [4.78, 5) is 48.0. The van der Waals surface area contributed by atoms with E-state index in [2.05, 4.69) is 15.2 Å². The minimum Gasteiger partial charge on any atom is -0.467 e. The second-order valence-corrected chi connectivity index (χ2v) is 11.5. The van der Waals surface area contributed by atoms with Gasteiger partial charge >= 0.3 is 6.09 Å². The number of fused-ring (bicyclic) bond motifs is 1. The molecule has 4 aromatic rings. The van der Waals surface area contributed by atoms with Crippen molar-refractivity contribution in [2.75, 3.05) is 50.3 Å². The zero-order chi connectivity index (χ0) is 31.5. The summed E-state index contributed by atoms with van der Waals surface area (Å²) >= 11 is 1.23. The number of hydrogen-bond acceptors (Lipinski definition) is 8. The van der Waals surface area contributed by atoms with Crippen LogP contribution in [-0.4, -0.2) is 77.9 Å². The number of carboxylic acid groups (broad SMARTS) is 1. The summed E-state index contributed by atoms with van der Waals surface area (Å²) in [6.07, 6.45) is 0.645. The number of hydrogen-bond donors (Lipinski definition) is 2. The van der Waals surface area contributed by atoms with Crippen molar-refractivity contribution < 1.29 is 33.4 Å². The second kappa shape index (κ2) is 12.9. The van der Waals surface area contributed by atoms with Crippen molar-refractivity contribution in [3.63, 3.8) is 0 Å². The maximum absolute atomic E-state index is 14.6. The van der Waals surface area contributed by atoms with E-state index in [1.54, 1.807) is 11.6 Å². The largest absolute Gasteiger partial charge is 0.467 e. The summed E-state index contributed by atoms with van der Waals surface area (Å²) in [5, 5.41) is 14.0. The molecule has 2 aliphatic heterocycles. The first-order valence-electron chi connectivity index (χ1n) is 14.2. The van der Waals surface area contributed by atoms with Gasteiger partial charge in [0.05, 0.1) is 0 Å². The van der Waals surface area contributed by atoms with E-state index in [-0.39, 0.29) is 30.6 Å². The zero-order valence-electron chi connectivity index (χ0n) is 24.3. The number of thiazole rings is 1. The molecule has 3 heterocycles. The third kappa shape index (κ3) is 6.30. The van der Waals surface area contributed by atoms with Crippen LogP contribution in [0.3, 0.4) is 0 Å². The number of ether oxygens (including phenoxy) is 2. The van der Waals surface area contributed by atoms with Gasteiger partial charge in [-0.25, -0.2) is 14.2 Å². The van der Waals surface area contributed by atoms with Crippen molar-refractivity contribution >= 4 is 40.1 Å². The first-order valence-corrected chi connectivity index (χ1v) is 15.1. The van der Waals surface area contributed by atoms with E-state index < -0.39 is 23.9 Å². The van der Waals surface area contributed by atoms with Gasteiger partial charge in [-0.3, -0.25) is 14.9 Å². The van der Waals surface area contributed by atoms with Crippen LogP contribution in [0.5, 0.6) is 5.75 Å². The van der Waals surface area contributed by atoms with Gasteiger partial charge < -0.3 is 29.3 Å². The lowest BCUT2D eigenvalue weighted by atomic mass is 10.00. The predicted octanol–water partition coefficient (Wildman–Crippen LogP) is 5.07. The number of rotatable bonds is 9.